The summed E-state index contributed by atoms with van der Waals surface area (Å²) in [5.41, 5.74) is 0. The molecule has 0 saturated heterocycles. The fraction of sp³-hybridized carbons (Fsp3) is 1.00. The minimum absolute atomic E-state index is 0. The zero-order valence-corrected chi connectivity index (χ0v) is 5.87. The summed E-state index contributed by atoms with van der Waals surface area (Å²) in [5, 5.41) is 0. The standard InChI is InChI=1S/CHF3O3S.Ag/c2-1(3,4)7-8(5)6;/h(H,5,6);/p-1. The summed E-state index contributed by atoms with van der Waals surface area (Å²) in [5.74, 6) is 0. The van der Waals surface area contributed by atoms with E-state index < -0.39 is 17.7 Å². The van der Waals surface area contributed by atoms with Crippen molar-refractivity contribution in [3.8, 4) is 0 Å². The van der Waals surface area contributed by atoms with E-state index in [9.17, 15) is 13.2 Å². The van der Waals surface area contributed by atoms with Crippen LogP contribution in [-0.2, 0) is 37.9 Å². The van der Waals surface area contributed by atoms with Crippen LogP contribution in [0.5, 0.6) is 0 Å². The summed E-state index contributed by atoms with van der Waals surface area (Å²) in [7, 11) is 0. The third kappa shape index (κ3) is 11.9. The number of rotatable bonds is 1. The zero-order chi connectivity index (χ0) is 6.78. The van der Waals surface area contributed by atoms with Crippen molar-refractivity contribution < 1.29 is 48.5 Å². The van der Waals surface area contributed by atoms with E-state index in [-0.39, 0.29) is 22.4 Å². The molecule has 0 spiro atoms. The molecule has 61 valence electrons. The van der Waals surface area contributed by atoms with Crippen molar-refractivity contribution in [1.29, 1.82) is 0 Å². The van der Waals surface area contributed by atoms with Crippen LogP contribution >= 0.6 is 0 Å². The Morgan fingerprint density at radius 3 is 1.78 bits per heavy atom. The first-order valence-electron chi connectivity index (χ1n) is 1.27. The Balaban J connectivity index is 0. The molecule has 0 aromatic carbocycles. The van der Waals surface area contributed by atoms with E-state index in [0.29, 0.717) is 0 Å². The molecule has 0 saturated carbocycles. The average molecular weight is 257 g/mol. The van der Waals surface area contributed by atoms with Gasteiger partial charge in [0, 0.05) is 22.4 Å². The number of hydrogen-bond acceptors (Lipinski definition) is 3. The molecule has 9 heavy (non-hydrogen) atoms. The van der Waals surface area contributed by atoms with E-state index in [1.165, 1.54) is 0 Å². The Labute approximate surface area is 66.6 Å². The molecule has 0 aromatic rings. The van der Waals surface area contributed by atoms with Crippen LogP contribution in [0.25, 0.3) is 0 Å². The van der Waals surface area contributed by atoms with Gasteiger partial charge in [0.2, 0.25) is 0 Å². The van der Waals surface area contributed by atoms with Crippen LogP contribution in [-0.4, -0.2) is 15.1 Å². The van der Waals surface area contributed by atoms with Crippen LogP contribution in [0.4, 0.5) is 13.2 Å². The van der Waals surface area contributed by atoms with E-state index in [0.717, 1.165) is 0 Å². The molecule has 1 atom stereocenters. The molecular weight excluding hydrogens is 257 g/mol. The monoisotopic (exact) mass is 256 g/mol. The number of halogens is 3. The normalized spacial score (nSPS) is 14.2. The Morgan fingerprint density at radius 1 is 1.44 bits per heavy atom. The van der Waals surface area contributed by atoms with Crippen LogP contribution in [0, 0.1) is 0 Å². The molecule has 3 nitrogen and oxygen atoms in total. The Hall–Kier alpha value is 0.600. The minimum atomic E-state index is -5.09. The second-order valence-corrected chi connectivity index (χ2v) is 1.31. The molecule has 0 aliphatic carbocycles. The summed E-state index contributed by atoms with van der Waals surface area (Å²) in [6.45, 7) is 0. The third-order valence-electron chi connectivity index (χ3n) is 0.163. The van der Waals surface area contributed by atoms with Gasteiger partial charge in [-0.15, -0.1) is 13.2 Å². The maximum Gasteiger partial charge on any atom is 0.534 e. The van der Waals surface area contributed by atoms with Gasteiger partial charge in [0.05, 0.1) is 11.4 Å². The van der Waals surface area contributed by atoms with E-state index in [1.54, 1.807) is 0 Å². The largest absolute Gasteiger partial charge is 0.750 e. The van der Waals surface area contributed by atoms with Crippen molar-refractivity contribution in [1.82, 2.24) is 0 Å². The topological polar surface area (TPSA) is 49.4 Å². The Bertz CT molecular complexity index is 102. The van der Waals surface area contributed by atoms with Crippen LogP contribution in [0.1, 0.15) is 0 Å². The predicted molar refractivity (Wildman–Crippen MR) is 16.1 cm³/mol. The van der Waals surface area contributed by atoms with Crippen LogP contribution in [0.3, 0.4) is 0 Å². The second kappa shape index (κ2) is 4.42. The van der Waals surface area contributed by atoms with Gasteiger partial charge in [-0.3, -0.25) is 0 Å². The molecule has 1 radical (unpaired) electrons. The van der Waals surface area contributed by atoms with Gasteiger partial charge in [0.15, 0.2) is 0 Å². The van der Waals surface area contributed by atoms with E-state index in [4.69, 9.17) is 8.76 Å². The molecule has 1 unspecified atom stereocenters. The molecule has 0 heterocycles. The smallest absolute Gasteiger partial charge is 0.534 e. The second-order valence-electron chi connectivity index (χ2n) is 0.733. The maximum absolute atomic E-state index is 10.7. The van der Waals surface area contributed by atoms with E-state index in [1.807, 2.05) is 0 Å². The predicted octanol–water partition coefficient (Wildman–Crippen LogP) is 0.314. The van der Waals surface area contributed by atoms with Crippen LogP contribution < -0.4 is 0 Å². The minimum Gasteiger partial charge on any atom is -0.750 e. The molecule has 0 amide bonds. The summed E-state index contributed by atoms with van der Waals surface area (Å²) < 4.78 is 52.6. The maximum atomic E-state index is 10.7. The summed E-state index contributed by atoms with van der Waals surface area (Å²) in [6.07, 6.45) is -5.09. The molecule has 0 rings (SSSR count). The van der Waals surface area contributed by atoms with Gasteiger partial charge in [0.25, 0.3) is 0 Å². The van der Waals surface area contributed by atoms with Crippen LogP contribution in [0.15, 0.2) is 0 Å². The number of hydrogen-bond donors (Lipinski definition) is 0. The quantitative estimate of drug-likeness (QED) is 0.502. The molecular formula is CAgF3O3S-. The van der Waals surface area contributed by atoms with Crippen molar-refractivity contribution in [2.24, 2.45) is 0 Å². The van der Waals surface area contributed by atoms with E-state index >= 15 is 0 Å². The molecule has 8 heteroatoms. The van der Waals surface area contributed by atoms with E-state index in [2.05, 4.69) is 4.18 Å². The molecule has 0 aliphatic rings. The summed E-state index contributed by atoms with van der Waals surface area (Å²) in [4.78, 5) is 0. The van der Waals surface area contributed by atoms with Gasteiger partial charge in [-0.25, -0.2) is 8.39 Å². The van der Waals surface area contributed by atoms with Gasteiger partial charge >= 0.3 is 6.36 Å². The Morgan fingerprint density at radius 2 is 1.78 bits per heavy atom. The van der Waals surface area contributed by atoms with Crippen molar-refractivity contribution in [3.63, 3.8) is 0 Å². The third-order valence-corrected chi connectivity index (χ3v) is 0.488. The van der Waals surface area contributed by atoms with Gasteiger partial charge < -0.3 is 4.55 Å². The first-order chi connectivity index (χ1) is 3.42. The average Bonchev–Trinajstić information content (AvgIpc) is 1.21. The fourth-order valence-electron chi connectivity index (χ4n) is 0.0772. The van der Waals surface area contributed by atoms with Crippen molar-refractivity contribution in [2.45, 2.75) is 6.36 Å². The molecule has 0 aromatic heterocycles. The molecule has 0 bridgehead atoms. The van der Waals surface area contributed by atoms with Crippen molar-refractivity contribution >= 4 is 11.4 Å². The van der Waals surface area contributed by atoms with Crippen LogP contribution in [0.2, 0.25) is 0 Å². The molecule has 0 fully saturated rings. The first kappa shape index (κ1) is 12.3. The molecule has 0 N–H and O–H groups in total. The van der Waals surface area contributed by atoms with Crippen molar-refractivity contribution in [2.75, 3.05) is 0 Å². The van der Waals surface area contributed by atoms with Gasteiger partial charge in [0.1, 0.15) is 0 Å². The fourth-order valence-corrected chi connectivity index (χ4v) is 0.231. The van der Waals surface area contributed by atoms with Crippen molar-refractivity contribution in [3.05, 3.63) is 0 Å². The zero-order valence-electron chi connectivity index (χ0n) is 3.57. The van der Waals surface area contributed by atoms with Gasteiger partial charge in [-0.1, -0.05) is 0 Å². The number of alkyl halides is 3. The molecule has 0 aliphatic heterocycles. The van der Waals surface area contributed by atoms with Gasteiger partial charge in [-0.2, -0.15) is 0 Å². The Kier molecular flexibility index (Phi) is 6.04. The first-order valence-corrected chi connectivity index (χ1v) is 2.27. The van der Waals surface area contributed by atoms with Gasteiger partial charge in [-0.05, 0) is 0 Å². The summed E-state index contributed by atoms with van der Waals surface area (Å²) >= 11 is -3.51. The summed E-state index contributed by atoms with van der Waals surface area (Å²) in [6, 6.07) is 0. The SMILES string of the molecule is O=S([O-])OC(F)(F)F.[Ag].